The van der Waals surface area contributed by atoms with Crippen molar-refractivity contribution in [1.29, 1.82) is 0 Å². The molecule has 0 bridgehead atoms. The molecule has 11 N–H and O–H groups in total. The summed E-state index contributed by atoms with van der Waals surface area (Å²) in [5.41, 5.74) is 0.500. The van der Waals surface area contributed by atoms with Crippen LogP contribution in [0.5, 0.6) is 17.2 Å². The van der Waals surface area contributed by atoms with Crippen LogP contribution in [0.15, 0.2) is 18.2 Å². The first-order chi connectivity index (χ1) is 22.9. The van der Waals surface area contributed by atoms with Gasteiger partial charge in [0, 0.05) is 0 Å². The van der Waals surface area contributed by atoms with Gasteiger partial charge in [-0.15, -0.1) is 0 Å². The highest BCUT2D eigenvalue weighted by molar-refractivity contribution is 5.62. The third kappa shape index (κ3) is 8.36. The molecule has 3 aliphatic rings. The first-order valence-electron chi connectivity index (χ1n) is 15.0. The number of benzene rings is 1. The molecular weight excluding hydrogens is 652 g/mol. The number of aliphatic hydroxyl groups is 11. The van der Waals surface area contributed by atoms with Crippen molar-refractivity contribution in [3.05, 3.63) is 23.8 Å². The summed E-state index contributed by atoms with van der Waals surface area (Å²) < 4.78 is 43.9. The van der Waals surface area contributed by atoms with E-state index in [1.165, 1.54) is 32.4 Å². The summed E-state index contributed by atoms with van der Waals surface area (Å²) in [6.45, 7) is -1.98. The number of rotatable bonds is 13. The maximum atomic E-state index is 10.7. The maximum absolute atomic E-state index is 10.7. The number of ether oxygens (including phenoxy) is 8. The SMILES string of the molecule is COc1cc(/C=C\CO[C@@H]2O[C@H](CO)[C@@H](O)[C@H](O)[C@H]2O)cc(OC)c1O[C@@H]1O[C@H](CO[C@@H]2O[C@H](CO)[C@@H](O)[C@H](O)[C@H]2O)[C@@H](O)[C@H](O)[C@H]1O. The van der Waals surface area contributed by atoms with Gasteiger partial charge < -0.3 is 94.1 Å². The molecule has 4 rings (SSSR count). The molecule has 274 valence electrons. The van der Waals surface area contributed by atoms with Crippen LogP contribution in [0.1, 0.15) is 5.56 Å². The lowest BCUT2D eigenvalue weighted by molar-refractivity contribution is -0.323. The Bertz CT molecular complexity index is 1160. The van der Waals surface area contributed by atoms with E-state index in [0.717, 1.165) is 0 Å². The van der Waals surface area contributed by atoms with Crippen LogP contribution in [0.2, 0.25) is 0 Å². The van der Waals surface area contributed by atoms with Gasteiger partial charge in [-0.3, -0.25) is 0 Å². The zero-order valence-electron chi connectivity index (χ0n) is 26.0. The largest absolute Gasteiger partial charge is 0.493 e. The average molecular weight is 697 g/mol. The lowest BCUT2D eigenvalue weighted by Gasteiger charge is -2.42. The van der Waals surface area contributed by atoms with Gasteiger partial charge in [-0.25, -0.2) is 0 Å². The third-order valence-corrected chi connectivity index (χ3v) is 8.17. The molecule has 1 aromatic carbocycles. The minimum Gasteiger partial charge on any atom is -0.493 e. The predicted octanol–water partition coefficient (Wildman–Crippen LogP) is -5.46. The van der Waals surface area contributed by atoms with Crippen molar-refractivity contribution in [1.82, 2.24) is 0 Å². The normalized spacial score (nSPS) is 40.6. The fraction of sp³-hybridized carbons (Fsp3) is 0.724. The van der Waals surface area contributed by atoms with Gasteiger partial charge in [-0.05, 0) is 17.7 Å². The van der Waals surface area contributed by atoms with Gasteiger partial charge in [0.2, 0.25) is 12.0 Å². The summed E-state index contributed by atoms with van der Waals surface area (Å²) >= 11 is 0. The van der Waals surface area contributed by atoms with Crippen LogP contribution >= 0.6 is 0 Å². The van der Waals surface area contributed by atoms with E-state index in [-0.39, 0.29) is 23.9 Å². The molecule has 0 aromatic heterocycles. The minimum atomic E-state index is -1.80. The van der Waals surface area contributed by atoms with Gasteiger partial charge in [0.1, 0.15) is 73.2 Å². The lowest BCUT2D eigenvalue weighted by Crippen LogP contribution is -2.62. The average Bonchev–Trinajstić information content (AvgIpc) is 3.09. The van der Waals surface area contributed by atoms with E-state index in [2.05, 4.69) is 0 Å². The van der Waals surface area contributed by atoms with Crippen molar-refractivity contribution in [3.63, 3.8) is 0 Å². The Morgan fingerprint density at radius 2 is 1.02 bits per heavy atom. The predicted molar refractivity (Wildman–Crippen MR) is 155 cm³/mol. The number of methoxy groups -OCH3 is 2. The van der Waals surface area contributed by atoms with Gasteiger partial charge in [0.25, 0.3) is 0 Å². The highest BCUT2D eigenvalue weighted by Gasteiger charge is 2.48. The second-order valence-electron chi connectivity index (χ2n) is 11.4. The van der Waals surface area contributed by atoms with E-state index in [1.54, 1.807) is 6.08 Å². The Morgan fingerprint density at radius 3 is 1.50 bits per heavy atom. The summed E-state index contributed by atoms with van der Waals surface area (Å²) in [4.78, 5) is 0. The summed E-state index contributed by atoms with van der Waals surface area (Å²) in [6, 6.07) is 3.03. The molecule has 3 saturated heterocycles. The highest BCUT2D eigenvalue weighted by Crippen LogP contribution is 2.41. The molecule has 3 aliphatic heterocycles. The molecule has 0 radical (unpaired) electrons. The Labute approximate surface area is 274 Å². The molecule has 3 fully saturated rings. The number of hydrogen-bond donors (Lipinski definition) is 11. The standard InChI is InChI=1S/C29H44O19/c1-41-12-6-11(4-3-5-43-27-23(38)20(35)17(32)14(8-30)45-27)7-13(42-2)26(12)48-29-25(40)22(37)19(34)16(47-29)10-44-28-24(39)21(36)18(33)15(9-31)46-28/h3-4,6-7,14-25,27-40H,5,8-10H2,1-2H3/b4-3-/t14-,15-,16-,17-,18-,19-,20+,21+,22+,23-,24-,25-,27-,28-,29+/m1/s1. The van der Waals surface area contributed by atoms with Crippen LogP contribution in [0.4, 0.5) is 0 Å². The van der Waals surface area contributed by atoms with Crippen LogP contribution in [-0.4, -0.2) is 189 Å². The van der Waals surface area contributed by atoms with E-state index in [0.29, 0.717) is 5.56 Å². The fourth-order valence-electron chi connectivity index (χ4n) is 5.31. The summed E-state index contributed by atoms with van der Waals surface area (Å²) in [7, 11) is 2.65. The first-order valence-corrected chi connectivity index (χ1v) is 15.0. The van der Waals surface area contributed by atoms with Crippen molar-refractivity contribution >= 4 is 6.08 Å². The smallest absolute Gasteiger partial charge is 0.229 e. The van der Waals surface area contributed by atoms with Gasteiger partial charge in [-0.1, -0.05) is 12.2 Å². The van der Waals surface area contributed by atoms with Crippen LogP contribution in [0.25, 0.3) is 6.08 Å². The Hall–Kier alpha value is -2.28. The molecule has 19 heteroatoms. The second-order valence-corrected chi connectivity index (χ2v) is 11.4. The zero-order valence-corrected chi connectivity index (χ0v) is 26.0. The van der Waals surface area contributed by atoms with Crippen LogP contribution < -0.4 is 14.2 Å². The molecule has 19 nitrogen and oxygen atoms in total. The van der Waals surface area contributed by atoms with Gasteiger partial charge >= 0.3 is 0 Å². The maximum Gasteiger partial charge on any atom is 0.229 e. The number of hydrogen-bond acceptors (Lipinski definition) is 19. The number of aliphatic hydroxyl groups excluding tert-OH is 11. The minimum absolute atomic E-state index is 0.0593. The summed E-state index contributed by atoms with van der Waals surface area (Å²) in [6.07, 6.45) is -20.2. The molecule has 0 aliphatic carbocycles. The Kier molecular flexibility index (Phi) is 13.7. The zero-order chi connectivity index (χ0) is 35.3. The highest BCUT2D eigenvalue weighted by atomic mass is 16.7. The quantitative estimate of drug-likeness (QED) is 0.0917. The molecule has 0 unspecified atom stereocenters. The van der Waals surface area contributed by atoms with Crippen LogP contribution in [0, 0.1) is 0 Å². The molecule has 48 heavy (non-hydrogen) atoms. The Morgan fingerprint density at radius 1 is 0.583 bits per heavy atom. The van der Waals surface area contributed by atoms with E-state index < -0.39 is 112 Å². The van der Waals surface area contributed by atoms with E-state index >= 15 is 0 Å². The van der Waals surface area contributed by atoms with Gasteiger partial charge in [-0.2, -0.15) is 0 Å². The molecule has 1 aromatic rings. The van der Waals surface area contributed by atoms with Crippen molar-refractivity contribution in [3.8, 4) is 17.2 Å². The van der Waals surface area contributed by atoms with Crippen LogP contribution in [-0.2, 0) is 23.7 Å². The molecular formula is C29H44O19. The van der Waals surface area contributed by atoms with Crippen molar-refractivity contribution in [2.75, 3.05) is 40.6 Å². The van der Waals surface area contributed by atoms with Crippen molar-refractivity contribution < 1.29 is 94.1 Å². The monoisotopic (exact) mass is 696 g/mol. The van der Waals surface area contributed by atoms with Gasteiger partial charge in [0.15, 0.2) is 24.1 Å². The van der Waals surface area contributed by atoms with Crippen LogP contribution in [0.3, 0.4) is 0 Å². The van der Waals surface area contributed by atoms with Crippen molar-refractivity contribution in [2.24, 2.45) is 0 Å². The molecule has 0 spiro atoms. The van der Waals surface area contributed by atoms with Crippen molar-refractivity contribution in [2.45, 2.75) is 92.1 Å². The fourth-order valence-corrected chi connectivity index (χ4v) is 5.31. The lowest BCUT2D eigenvalue weighted by atomic mass is 9.98. The van der Waals surface area contributed by atoms with E-state index in [1.807, 2.05) is 0 Å². The van der Waals surface area contributed by atoms with Gasteiger partial charge in [0.05, 0.1) is 40.6 Å². The Balaban J connectivity index is 1.42. The second kappa shape index (κ2) is 17.1. The van der Waals surface area contributed by atoms with E-state index in [4.69, 9.17) is 37.9 Å². The topological polar surface area (TPSA) is 296 Å². The first kappa shape index (κ1) is 38.5. The molecule has 0 saturated carbocycles. The summed E-state index contributed by atoms with van der Waals surface area (Å²) in [5, 5.41) is 111. The molecule has 0 amide bonds. The van der Waals surface area contributed by atoms with E-state index in [9.17, 15) is 56.2 Å². The molecule has 3 heterocycles. The summed E-state index contributed by atoms with van der Waals surface area (Å²) in [5.74, 6) is 0.125. The third-order valence-electron chi connectivity index (χ3n) is 8.17. The molecule has 15 atom stereocenters.